The van der Waals surface area contributed by atoms with Gasteiger partial charge in [0.2, 0.25) is 5.75 Å². The van der Waals surface area contributed by atoms with Crippen LogP contribution in [0.1, 0.15) is 17.3 Å². The number of carbonyl (C=O) groups excluding carboxylic acids is 1. The van der Waals surface area contributed by atoms with Gasteiger partial charge in [-0.3, -0.25) is 4.79 Å². The number of rotatable bonds is 2. The Morgan fingerprint density at radius 3 is 2.95 bits per heavy atom. The maximum atomic E-state index is 12.7. The molecule has 2 heterocycles. The van der Waals surface area contributed by atoms with Crippen LogP contribution in [-0.2, 0) is 0 Å². The minimum atomic E-state index is -0.000673. The van der Waals surface area contributed by atoms with Gasteiger partial charge >= 0.3 is 0 Å². The summed E-state index contributed by atoms with van der Waals surface area (Å²) in [6.45, 7) is 5.35. The highest BCUT2D eigenvalue weighted by molar-refractivity contribution is 5.96. The van der Waals surface area contributed by atoms with Gasteiger partial charge in [-0.25, -0.2) is 0 Å². The molecule has 114 valence electrons. The first kappa shape index (κ1) is 14.0. The first-order chi connectivity index (χ1) is 10.2. The van der Waals surface area contributed by atoms with Crippen molar-refractivity contribution < 1.29 is 19.0 Å². The number of methoxy groups -OCH3 is 1. The predicted molar refractivity (Wildman–Crippen MR) is 77.4 cm³/mol. The first-order valence-corrected chi connectivity index (χ1v) is 7.20. The van der Waals surface area contributed by atoms with Crippen molar-refractivity contribution >= 4 is 5.91 Å². The summed E-state index contributed by atoms with van der Waals surface area (Å²) >= 11 is 0. The summed E-state index contributed by atoms with van der Waals surface area (Å²) in [5.41, 5.74) is 0.574. The van der Waals surface area contributed by atoms with E-state index >= 15 is 0 Å². The van der Waals surface area contributed by atoms with Crippen molar-refractivity contribution in [1.82, 2.24) is 10.2 Å². The molecule has 2 aliphatic rings. The van der Waals surface area contributed by atoms with E-state index in [0.29, 0.717) is 42.6 Å². The molecule has 1 aromatic rings. The molecular weight excluding hydrogens is 272 g/mol. The zero-order valence-corrected chi connectivity index (χ0v) is 12.3. The van der Waals surface area contributed by atoms with Crippen LogP contribution in [0.5, 0.6) is 17.2 Å². The molecule has 0 spiro atoms. The number of hydrogen-bond acceptors (Lipinski definition) is 5. The summed E-state index contributed by atoms with van der Waals surface area (Å²) in [5, 5.41) is 3.28. The Kier molecular flexibility index (Phi) is 3.88. The quantitative estimate of drug-likeness (QED) is 0.877. The largest absolute Gasteiger partial charge is 0.493 e. The Hall–Kier alpha value is -1.95. The van der Waals surface area contributed by atoms with E-state index in [9.17, 15) is 4.79 Å². The molecule has 0 aliphatic carbocycles. The van der Waals surface area contributed by atoms with Gasteiger partial charge in [0, 0.05) is 31.2 Å². The number of piperazine rings is 1. The molecule has 2 aliphatic heterocycles. The molecule has 0 saturated carbocycles. The Balaban J connectivity index is 1.92. The van der Waals surface area contributed by atoms with Crippen LogP contribution >= 0.6 is 0 Å². The highest BCUT2D eigenvalue weighted by Crippen LogP contribution is 2.40. The molecular formula is C15H20N2O4. The third kappa shape index (κ3) is 2.63. The van der Waals surface area contributed by atoms with E-state index in [1.165, 1.54) is 0 Å². The molecule has 21 heavy (non-hydrogen) atoms. The van der Waals surface area contributed by atoms with Gasteiger partial charge in [-0.1, -0.05) is 0 Å². The molecule has 6 heteroatoms. The van der Waals surface area contributed by atoms with Crippen LogP contribution in [0.4, 0.5) is 0 Å². The minimum absolute atomic E-state index is 0.000673. The minimum Gasteiger partial charge on any atom is -0.493 e. The predicted octanol–water partition coefficient (Wildman–Crippen LogP) is 0.900. The van der Waals surface area contributed by atoms with Crippen LogP contribution in [0.2, 0.25) is 0 Å². The van der Waals surface area contributed by atoms with Crippen molar-refractivity contribution in [2.24, 2.45) is 0 Å². The van der Waals surface area contributed by atoms with Gasteiger partial charge in [-0.15, -0.1) is 0 Å². The van der Waals surface area contributed by atoms with Crippen molar-refractivity contribution in [2.45, 2.75) is 13.0 Å². The van der Waals surface area contributed by atoms with Gasteiger partial charge in [0.25, 0.3) is 5.91 Å². The number of nitrogens with zero attached hydrogens (tertiary/aromatic N) is 1. The lowest BCUT2D eigenvalue weighted by atomic mass is 10.1. The van der Waals surface area contributed by atoms with E-state index in [-0.39, 0.29) is 11.9 Å². The second-order valence-electron chi connectivity index (χ2n) is 5.25. The van der Waals surface area contributed by atoms with Crippen LogP contribution in [0.25, 0.3) is 0 Å². The van der Waals surface area contributed by atoms with E-state index < -0.39 is 0 Å². The topological polar surface area (TPSA) is 60.0 Å². The molecule has 0 aromatic heterocycles. The zero-order chi connectivity index (χ0) is 14.8. The normalized spacial score (nSPS) is 21.0. The Morgan fingerprint density at radius 1 is 1.38 bits per heavy atom. The lowest BCUT2D eigenvalue weighted by molar-refractivity contribution is 0.0654. The maximum absolute atomic E-state index is 12.7. The van der Waals surface area contributed by atoms with E-state index in [0.717, 1.165) is 13.1 Å². The molecule has 1 aromatic carbocycles. The molecule has 3 rings (SSSR count). The van der Waals surface area contributed by atoms with Gasteiger partial charge in [-0.2, -0.15) is 0 Å². The Labute approximate surface area is 124 Å². The van der Waals surface area contributed by atoms with Gasteiger partial charge < -0.3 is 24.4 Å². The standard InChI is InChI=1S/C15H20N2O4/c1-10-9-16-3-4-17(10)15(18)11-7-12(19-2)14-13(8-11)20-5-6-21-14/h7-8,10,16H,3-6,9H2,1-2H3/t10-/m0/s1. The highest BCUT2D eigenvalue weighted by Gasteiger charge is 2.27. The Morgan fingerprint density at radius 2 is 2.19 bits per heavy atom. The maximum Gasteiger partial charge on any atom is 0.254 e. The summed E-state index contributed by atoms with van der Waals surface area (Å²) in [7, 11) is 1.56. The molecule has 1 amide bonds. The number of hydrogen-bond donors (Lipinski definition) is 1. The lowest BCUT2D eigenvalue weighted by Gasteiger charge is -2.34. The fourth-order valence-electron chi connectivity index (χ4n) is 2.71. The van der Waals surface area contributed by atoms with Crippen molar-refractivity contribution in [2.75, 3.05) is 40.0 Å². The number of ether oxygens (including phenoxy) is 3. The van der Waals surface area contributed by atoms with Gasteiger partial charge in [0.1, 0.15) is 13.2 Å². The number of carbonyl (C=O) groups is 1. The fraction of sp³-hybridized carbons (Fsp3) is 0.533. The van der Waals surface area contributed by atoms with Crippen molar-refractivity contribution in [3.63, 3.8) is 0 Å². The summed E-state index contributed by atoms with van der Waals surface area (Å²) in [5.74, 6) is 1.69. The summed E-state index contributed by atoms with van der Waals surface area (Å²) in [6.07, 6.45) is 0. The van der Waals surface area contributed by atoms with Crippen LogP contribution in [0.15, 0.2) is 12.1 Å². The number of fused-ring (bicyclic) bond motifs is 1. The monoisotopic (exact) mass is 292 g/mol. The van der Waals surface area contributed by atoms with Gasteiger partial charge in [0.15, 0.2) is 11.5 Å². The van der Waals surface area contributed by atoms with E-state index in [1.807, 2.05) is 11.8 Å². The summed E-state index contributed by atoms with van der Waals surface area (Å²) in [6, 6.07) is 3.64. The van der Waals surface area contributed by atoms with Crippen molar-refractivity contribution in [3.8, 4) is 17.2 Å². The van der Waals surface area contributed by atoms with E-state index in [1.54, 1.807) is 19.2 Å². The number of amides is 1. The third-order valence-corrected chi connectivity index (χ3v) is 3.84. The molecule has 1 N–H and O–H groups in total. The average molecular weight is 292 g/mol. The summed E-state index contributed by atoms with van der Waals surface area (Å²) in [4.78, 5) is 14.6. The fourth-order valence-corrected chi connectivity index (χ4v) is 2.71. The zero-order valence-electron chi connectivity index (χ0n) is 12.3. The molecule has 6 nitrogen and oxygen atoms in total. The van der Waals surface area contributed by atoms with Crippen molar-refractivity contribution in [1.29, 1.82) is 0 Å². The molecule has 1 fully saturated rings. The molecule has 1 atom stereocenters. The Bertz CT molecular complexity index is 529. The van der Waals surface area contributed by atoms with E-state index in [2.05, 4.69) is 5.32 Å². The van der Waals surface area contributed by atoms with Crippen LogP contribution in [-0.4, -0.2) is 56.8 Å². The highest BCUT2D eigenvalue weighted by atomic mass is 16.6. The average Bonchev–Trinajstić information content (AvgIpc) is 2.53. The molecule has 0 bridgehead atoms. The molecule has 0 radical (unpaired) electrons. The number of benzene rings is 1. The third-order valence-electron chi connectivity index (χ3n) is 3.84. The van der Waals surface area contributed by atoms with E-state index in [4.69, 9.17) is 14.2 Å². The smallest absolute Gasteiger partial charge is 0.254 e. The van der Waals surface area contributed by atoms with Crippen LogP contribution in [0.3, 0.4) is 0 Å². The second kappa shape index (κ2) is 5.81. The molecule has 0 unspecified atom stereocenters. The lowest BCUT2D eigenvalue weighted by Crippen LogP contribution is -2.52. The van der Waals surface area contributed by atoms with Gasteiger partial charge in [-0.05, 0) is 19.1 Å². The molecule has 1 saturated heterocycles. The van der Waals surface area contributed by atoms with Crippen LogP contribution < -0.4 is 19.5 Å². The van der Waals surface area contributed by atoms with Gasteiger partial charge in [0.05, 0.1) is 7.11 Å². The SMILES string of the molecule is COc1cc(C(=O)N2CCNC[C@@H]2C)cc2c1OCCO2. The van der Waals surface area contributed by atoms with Crippen LogP contribution in [0, 0.1) is 0 Å². The summed E-state index contributed by atoms with van der Waals surface area (Å²) < 4.78 is 16.5. The number of nitrogens with one attached hydrogen (secondary N) is 1. The second-order valence-corrected chi connectivity index (χ2v) is 5.25. The van der Waals surface area contributed by atoms with Crippen molar-refractivity contribution in [3.05, 3.63) is 17.7 Å². The first-order valence-electron chi connectivity index (χ1n) is 7.20.